The lowest BCUT2D eigenvalue weighted by Crippen LogP contribution is -2.27. The molecule has 23 heavy (non-hydrogen) atoms. The summed E-state index contributed by atoms with van der Waals surface area (Å²) in [6.07, 6.45) is 0. The van der Waals surface area contributed by atoms with Crippen molar-refractivity contribution in [2.45, 2.75) is 27.3 Å². The van der Waals surface area contributed by atoms with Crippen molar-refractivity contribution in [2.24, 2.45) is 5.92 Å². The molecule has 0 aliphatic rings. The molecule has 0 fully saturated rings. The predicted octanol–water partition coefficient (Wildman–Crippen LogP) is 4.13. The molecule has 1 amide bonds. The molecule has 0 heterocycles. The van der Waals surface area contributed by atoms with Crippen molar-refractivity contribution in [2.75, 3.05) is 11.9 Å². The van der Waals surface area contributed by atoms with Gasteiger partial charge in [0, 0.05) is 24.3 Å². The van der Waals surface area contributed by atoms with Gasteiger partial charge in [0.15, 0.2) is 0 Å². The van der Waals surface area contributed by atoms with Gasteiger partial charge >= 0.3 is 0 Å². The maximum absolute atomic E-state index is 13.2. The molecular formula is C19H23FN2O. The van der Waals surface area contributed by atoms with E-state index in [1.807, 2.05) is 25.1 Å². The van der Waals surface area contributed by atoms with Gasteiger partial charge in [-0.3, -0.25) is 4.79 Å². The Morgan fingerprint density at radius 2 is 1.96 bits per heavy atom. The Balaban J connectivity index is 2.00. The fourth-order valence-electron chi connectivity index (χ4n) is 2.25. The number of aryl methyl sites for hydroxylation is 1. The van der Waals surface area contributed by atoms with Crippen molar-refractivity contribution in [3.63, 3.8) is 0 Å². The Bertz CT molecular complexity index is 683. The largest absolute Gasteiger partial charge is 0.381 e. The number of anilines is 1. The third-order valence-electron chi connectivity index (χ3n) is 3.53. The molecule has 0 saturated carbocycles. The van der Waals surface area contributed by atoms with Crippen LogP contribution in [-0.2, 0) is 6.54 Å². The summed E-state index contributed by atoms with van der Waals surface area (Å²) >= 11 is 0. The first-order valence-electron chi connectivity index (χ1n) is 7.83. The highest BCUT2D eigenvalue weighted by Gasteiger charge is 2.08. The lowest BCUT2D eigenvalue weighted by molar-refractivity contribution is 0.0949. The zero-order valence-corrected chi connectivity index (χ0v) is 13.8. The quantitative estimate of drug-likeness (QED) is 0.841. The average Bonchev–Trinajstić information content (AvgIpc) is 2.51. The summed E-state index contributed by atoms with van der Waals surface area (Å²) in [6, 6.07) is 12.1. The molecular weight excluding hydrogens is 291 g/mol. The van der Waals surface area contributed by atoms with Gasteiger partial charge in [0.25, 0.3) is 5.91 Å². The van der Waals surface area contributed by atoms with E-state index in [9.17, 15) is 9.18 Å². The van der Waals surface area contributed by atoms with E-state index in [2.05, 4.69) is 24.5 Å². The first-order chi connectivity index (χ1) is 11.0. The fourth-order valence-corrected chi connectivity index (χ4v) is 2.25. The Labute approximate surface area is 136 Å². The van der Waals surface area contributed by atoms with E-state index in [0.29, 0.717) is 24.6 Å². The van der Waals surface area contributed by atoms with E-state index < -0.39 is 0 Å². The lowest BCUT2D eigenvalue weighted by atomic mass is 10.1. The first-order valence-corrected chi connectivity index (χ1v) is 7.83. The van der Waals surface area contributed by atoms with Gasteiger partial charge < -0.3 is 10.6 Å². The maximum Gasteiger partial charge on any atom is 0.251 e. The van der Waals surface area contributed by atoms with Crippen LogP contribution in [0.3, 0.4) is 0 Å². The van der Waals surface area contributed by atoms with Gasteiger partial charge in [-0.2, -0.15) is 0 Å². The van der Waals surface area contributed by atoms with Crippen LogP contribution in [-0.4, -0.2) is 12.5 Å². The molecule has 2 N–H and O–H groups in total. The SMILES string of the molecule is Cc1cc(C(=O)NCC(C)C)ccc1NCc1cccc(F)c1. The Morgan fingerprint density at radius 3 is 2.61 bits per heavy atom. The van der Waals surface area contributed by atoms with Crippen molar-refractivity contribution in [3.8, 4) is 0 Å². The van der Waals surface area contributed by atoms with Gasteiger partial charge in [0.05, 0.1) is 0 Å². The highest BCUT2D eigenvalue weighted by molar-refractivity contribution is 5.94. The highest BCUT2D eigenvalue weighted by atomic mass is 19.1. The van der Waals surface area contributed by atoms with Crippen LogP contribution in [0.2, 0.25) is 0 Å². The van der Waals surface area contributed by atoms with Gasteiger partial charge in [-0.15, -0.1) is 0 Å². The van der Waals surface area contributed by atoms with E-state index in [1.54, 1.807) is 12.1 Å². The van der Waals surface area contributed by atoms with Crippen LogP contribution in [0.15, 0.2) is 42.5 Å². The standard InChI is InChI=1S/C19H23FN2O/c1-13(2)11-22-19(23)16-7-8-18(14(3)9-16)21-12-15-5-4-6-17(20)10-15/h4-10,13,21H,11-12H2,1-3H3,(H,22,23). The molecule has 0 bridgehead atoms. The van der Waals surface area contributed by atoms with Crippen LogP contribution in [0.25, 0.3) is 0 Å². The normalized spacial score (nSPS) is 10.7. The van der Waals surface area contributed by atoms with Crippen LogP contribution in [0.4, 0.5) is 10.1 Å². The summed E-state index contributed by atoms with van der Waals surface area (Å²) in [7, 11) is 0. The molecule has 4 heteroatoms. The monoisotopic (exact) mass is 314 g/mol. The molecule has 0 radical (unpaired) electrons. The smallest absolute Gasteiger partial charge is 0.251 e. The molecule has 2 rings (SSSR count). The summed E-state index contributed by atoms with van der Waals surface area (Å²) in [5.74, 6) is 0.129. The molecule has 0 aliphatic heterocycles. The Kier molecular flexibility index (Phi) is 5.74. The zero-order chi connectivity index (χ0) is 16.8. The van der Waals surface area contributed by atoms with Gasteiger partial charge in [0.2, 0.25) is 0 Å². The molecule has 2 aromatic rings. The molecule has 0 aromatic heterocycles. The van der Waals surface area contributed by atoms with Gasteiger partial charge in [-0.1, -0.05) is 26.0 Å². The van der Waals surface area contributed by atoms with E-state index in [4.69, 9.17) is 0 Å². The minimum Gasteiger partial charge on any atom is -0.381 e. The topological polar surface area (TPSA) is 41.1 Å². The molecule has 122 valence electrons. The second-order valence-corrected chi connectivity index (χ2v) is 6.12. The van der Waals surface area contributed by atoms with Gasteiger partial charge in [-0.05, 0) is 54.3 Å². The fraction of sp³-hybridized carbons (Fsp3) is 0.316. The number of halogens is 1. The zero-order valence-electron chi connectivity index (χ0n) is 13.8. The van der Waals surface area contributed by atoms with E-state index in [1.165, 1.54) is 12.1 Å². The minimum absolute atomic E-state index is 0.0570. The molecule has 0 unspecified atom stereocenters. The van der Waals surface area contributed by atoms with Crippen LogP contribution in [0.5, 0.6) is 0 Å². The van der Waals surface area contributed by atoms with E-state index >= 15 is 0 Å². The average molecular weight is 314 g/mol. The number of hydrogen-bond acceptors (Lipinski definition) is 2. The number of amides is 1. The van der Waals surface area contributed by atoms with E-state index in [0.717, 1.165) is 16.8 Å². The van der Waals surface area contributed by atoms with E-state index in [-0.39, 0.29) is 11.7 Å². The lowest BCUT2D eigenvalue weighted by Gasteiger charge is -2.12. The third kappa shape index (κ3) is 5.09. The van der Waals surface area contributed by atoms with Crippen molar-refractivity contribution < 1.29 is 9.18 Å². The molecule has 0 spiro atoms. The summed E-state index contributed by atoms with van der Waals surface area (Å²) in [5.41, 5.74) is 3.45. The summed E-state index contributed by atoms with van der Waals surface area (Å²) in [4.78, 5) is 12.1. The minimum atomic E-state index is -0.238. The van der Waals surface area contributed by atoms with Crippen molar-refractivity contribution in [3.05, 3.63) is 65.0 Å². The van der Waals surface area contributed by atoms with Crippen LogP contribution in [0.1, 0.15) is 35.3 Å². The number of hydrogen-bond donors (Lipinski definition) is 2. The van der Waals surface area contributed by atoms with Crippen molar-refractivity contribution >= 4 is 11.6 Å². The maximum atomic E-state index is 13.2. The van der Waals surface area contributed by atoms with Crippen LogP contribution < -0.4 is 10.6 Å². The second kappa shape index (κ2) is 7.77. The molecule has 0 saturated heterocycles. The Morgan fingerprint density at radius 1 is 1.17 bits per heavy atom. The van der Waals surface area contributed by atoms with Gasteiger partial charge in [0.1, 0.15) is 5.82 Å². The number of carbonyl (C=O) groups is 1. The molecule has 0 aliphatic carbocycles. The molecule has 2 aromatic carbocycles. The predicted molar refractivity (Wildman–Crippen MR) is 92.1 cm³/mol. The summed E-state index contributed by atoms with van der Waals surface area (Å²) in [5, 5.41) is 6.18. The second-order valence-electron chi connectivity index (χ2n) is 6.12. The van der Waals surface area contributed by atoms with Crippen molar-refractivity contribution in [1.82, 2.24) is 5.32 Å². The number of carbonyl (C=O) groups excluding carboxylic acids is 1. The van der Waals surface area contributed by atoms with Crippen LogP contribution >= 0.6 is 0 Å². The van der Waals surface area contributed by atoms with Crippen LogP contribution in [0, 0.1) is 18.7 Å². The number of rotatable bonds is 6. The first kappa shape index (κ1) is 17.0. The summed E-state index contributed by atoms with van der Waals surface area (Å²) in [6.45, 7) is 7.28. The van der Waals surface area contributed by atoms with Gasteiger partial charge in [-0.25, -0.2) is 4.39 Å². The highest BCUT2D eigenvalue weighted by Crippen LogP contribution is 2.18. The third-order valence-corrected chi connectivity index (χ3v) is 3.53. The summed E-state index contributed by atoms with van der Waals surface area (Å²) < 4.78 is 13.2. The Hall–Kier alpha value is -2.36. The molecule has 0 atom stereocenters. The number of benzene rings is 2. The molecule has 3 nitrogen and oxygen atoms in total. The number of nitrogens with one attached hydrogen (secondary N) is 2. The van der Waals surface area contributed by atoms with Crippen molar-refractivity contribution in [1.29, 1.82) is 0 Å².